The molecule has 32 heavy (non-hydrogen) atoms. The van der Waals surface area contributed by atoms with Gasteiger partial charge in [-0.05, 0) is 66.8 Å². The first kappa shape index (κ1) is 21.2. The summed E-state index contributed by atoms with van der Waals surface area (Å²) < 4.78 is 12.3. The number of hydrogen-bond acceptors (Lipinski definition) is 5. The molecule has 0 spiro atoms. The third-order valence-electron chi connectivity index (χ3n) is 4.97. The number of carbonyl (C=O) groups excluding carboxylic acids is 1. The number of amides is 1. The molecular weight excluding hydrogens is 426 g/mol. The van der Waals surface area contributed by atoms with Crippen LogP contribution in [0.3, 0.4) is 0 Å². The van der Waals surface area contributed by atoms with Crippen LogP contribution in [0.25, 0.3) is 10.9 Å². The van der Waals surface area contributed by atoms with E-state index in [0.29, 0.717) is 33.7 Å². The number of nitrogens with one attached hydrogen (secondary N) is 1. The summed E-state index contributed by atoms with van der Waals surface area (Å²) in [5.41, 5.74) is 1.34. The van der Waals surface area contributed by atoms with Gasteiger partial charge < -0.3 is 19.0 Å². The Morgan fingerprint density at radius 1 is 1.25 bits per heavy atom. The zero-order valence-electron chi connectivity index (χ0n) is 17.2. The molecule has 0 aliphatic rings. The zero-order valence-corrected chi connectivity index (χ0v) is 18.0. The van der Waals surface area contributed by atoms with E-state index < -0.39 is 0 Å². The van der Waals surface area contributed by atoms with Gasteiger partial charge in [0, 0.05) is 18.3 Å². The van der Waals surface area contributed by atoms with Crippen LogP contribution < -0.4 is 15.2 Å². The fraction of sp³-hybridized carbons (Fsp3) is 0.125. The lowest BCUT2D eigenvalue weighted by molar-refractivity contribution is 0.0993. The molecule has 0 aliphatic carbocycles. The van der Waals surface area contributed by atoms with E-state index in [2.05, 4.69) is 10.9 Å². The highest BCUT2D eigenvalue weighted by molar-refractivity contribution is 7.71. The van der Waals surface area contributed by atoms with Gasteiger partial charge in [0.05, 0.1) is 23.7 Å². The van der Waals surface area contributed by atoms with Crippen molar-refractivity contribution in [3.05, 3.63) is 87.3 Å². The molecule has 0 atom stereocenters. The summed E-state index contributed by atoms with van der Waals surface area (Å²) >= 11 is 5.37. The Kier molecular flexibility index (Phi) is 5.92. The molecule has 4 rings (SSSR count). The van der Waals surface area contributed by atoms with Crippen molar-refractivity contribution in [2.45, 2.75) is 6.54 Å². The average Bonchev–Trinajstić information content (AvgIpc) is 3.33. The number of rotatable bonds is 6. The van der Waals surface area contributed by atoms with Crippen molar-refractivity contribution in [3.63, 3.8) is 0 Å². The van der Waals surface area contributed by atoms with Crippen LogP contribution in [0.5, 0.6) is 5.75 Å². The van der Waals surface area contributed by atoms with Crippen LogP contribution in [0.2, 0.25) is 0 Å². The largest absolute Gasteiger partial charge is 0.481 e. The number of anilines is 1. The summed E-state index contributed by atoms with van der Waals surface area (Å²) in [6.07, 6.45) is 6.74. The van der Waals surface area contributed by atoms with Crippen molar-refractivity contribution < 1.29 is 13.9 Å². The van der Waals surface area contributed by atoms with E-state index in [1.165, 1.54) is 9.47 Å². The summed E-state index contributed by atoms with van der Waals surface area (Å²) in [4.78, 5) is 30.5. The second-order valence-corrected chi connectivity index (χ2v) is 7.40. The Morgan fingerprint density at radius 3 is 2.72 bits per heavy atom. The van der Waals surface area contributed by atoms with Crippen molar-refractivity contribution in [2.24, 2.45) is 0 Å². The SMILES string of the molecule is C#CCOc1ccc(N(C)C(=O)c2ccc3c(=O)n(Cc4ccco4)c(=S)[nH]c3c2)cc1. The molecule has 2 heterocycles. The van der Waals surface area contributed by atoms with E-state index >= 15 is 0 Å². The van der Waals surface area contributed by atoms with Gasteiger partial charge in [-0.2, -0.15) is 0 Å². The lowest BCUT2D eigenvalue weighted by Gasteiger charge is -2.18. The van der Waals surface area contributed by atoms with Crippen LogP contribution in [0, 0.1) is 17.1 Å². The van der Waals surface area contributed by atoms with Crippen molar-refractivity contribution in [1.82, 2.24) is 9.55 Å². The summed E-state index contributed by atoms with van der Waals surface area (Å²) in [5.74, 6) is 3.41. The summed E-state index contributed by atoms with van der Waals surface area (Å²) in [6.45, 7) is 0.400. The van der Waals surface area contributed by atoms with Crippen LogP contribution in [-0.2, 0) is 6.54 Å². The number of hydrogen-bond donors (Lipinski definition) is 1. The number of terminal acetylenes is 1. The number of carbonyl (C=O) groups is 1. The molecule has 0 unspecified atom stereocenters. The normalized spacial score (nSPS) is 10.6. The molecule has 0 bridgehead atoms. The Hall–Kier alpha value is -4.09. The van der Waals surface area contributed by atoms with Gasteiger partial charge in [-0.1, -0.05) is 5.92 Å². The Bertz CT molecular complexity index is 1430. The van der Waals surface area contributed by atoms with Crippen LogP contribution in [0.15, 0.2) is 70.1 Å². The van der Waals surface area contributed by atoms with Crippen molar-refractivity contribution in [1.29, 1.82) is 0 Å². The number of H-pyrrole nitrogens is 1. The van der Waals surface area contributed by atoms with E-state index in [-0.39, 0.29) is 29.4 Å². The molecule has 0 radical (unpaired) electrons. The summed E-state index contributed by atoms with van der Waals surface area (Å²) in [7, 11) is 1.67. The second kappa shape index (κ2) is 8.96. The topological polar surface area (TPSA) is 80.5 Å². The number of aromatic nitrogens is 2. The van der Waals surface area contributed by atoms with Crippen LogP contribution in [-0.4, -0.2) is 29.1 Å². The third kappa shape index (κ3) is 4.19. The van der Waals surface area contributed by atoms with Gasteiger partial charge in [0.2, 0.25) is 0 Å². The van der Waals surface area contributed by atoms with Crippen molar-refractivity contribution >= 4 is 34.7 Å². The molecule has 0 saturated heterocycles. The van der Waals surface area contributed by atoms with Crippen LogP contribution >= 0.6 is 12.2 Å². The van der Waals surface area contributed by atoms with Gasteiger partial charge in [0.1, 0.15) is 18.1 Å². The second-order valence-electron chi connectivity index (χ2n) is 7.01. The van der Waals surface area contributed by atoms with Gasteiger partial charge in [-0.15, -0.1) is 6.42 Å². The van der Waals surface area contributed by atoms with Gasteiger partial charge in [0.15, 0.2) is 4.77 Å². The average molecular weight is 446 g/mol. The molecule has 1 N–H and O–H groups in total. The molecule has 8 heteroatoms. The summed E-state index contributed by atoms with van der Waals surface area (Å²) in [6, 6.07) is 15.4. The van der Waals surface area contributed by atoms with E-state index in [9.17, 15) is 9.59 Å². The van der Waals surface area contributed by atoms with Crippen molar-refractivity contribution in [3.8, 4) is 18.1 Å². The molecule has 160 valence electrons. The maximum absolute atomic E-state index is 13.0. The minimum absolute atomic E-state index is 0.176. The first-order chi connectivity index (χ1) is 15.5. The maximum Gasteiger partial charge on any atom is 0.262 e. The molecule has 1 amide bonds. The number of ether oxygens (including phenoxy) is 1. The van der Waals surface area contributed by atoms with E-state index in [1.807, 2.05) is 0 Å². The maximum atomic E-state index is 13.0. The Labute approximate surface area is 188 Å². The fourth-order valence-electron chi connectivity index (χ4n) is 3.29. The van der Waals surface area contributed by atoms with Gasteiger partial charge in [-0.25, -0.2) is 0 Å². The smallest absolute Gasteiger partial charge is 0.262 e. The van der Waals surface area contributed by atoms with E-state index in [1.54, 1.807) is 67.9 Å². The number of benzene rings is 2. The first-order valence-corrected chi connectivity index (χ1v) is 10.1. The number of aromatic amines is 1. The number of furan rings is 1. The highest BCUT2D eigenvalue weighted by Gasteiger charge is 2.16. The number of fused-ring (bicyclic) bond motifs is 1. The molecule has 2 aromatic carbocycles. The monoisotopic (exact) mass is 445 g/mol. The molecule has 0 saturated carbocycles. The first-order valence-electron chi connectivity index (χ1n) is 9.71. The lowest BCUT2D eigenvalue weighted by atomic mass is 10.1. The van der Waals surface area contributed by atoms with E-state index in [4.69, 9.17) is 27.8 Å². The zero-order chi connectivity index (χ0) is 22.7. The minimum atomic E-state index is -0.255. The minimum Gasteiger partial charge on any atom is -0.481 e. The van der Waals surface area contributed by atoms with Gasteiger partial charge in [0.25, 0.3) is 11.5 Å². The van der Waals surface area contributed by atoms with Crippen LogP contribution in [0.1, 0.15) is 16.1 Å². The number of nitrogens with zero attached hydrogens (tertiary/aromatic N) is 2. The highest BCUT2D eigenvalue weighted by atomic mass is 32.1. The van der Waals surface area contributed by atoms with Gasteiger partial charge in [-0.3, -0.25) is 14.2 Å². The molecule has 0 fully saturated rings. The summed E-state index contributed by atoms with van der Waals surface area (Å²) in [5, 5.41) is 0.430. The fourth-order valence-corrected chi connectivity index (χ4v) is 3.55. The highest BCUT2D eigenvalue weighted by Crippen LogP contribution is 2.21. The Morgan fingerprint density at radius 2 is 2.03 bits per heavy atom. The molecule has 2 aromatic heterocycles. The van der Waals surface area contributed by atoms with Crippen LogP contribution in [0.4, 0.5) is 5.69 Å². The van der Waals surface area contributed by atoms with Crippen molar-refractivity contribution in [2.75, 3.05) is 18.6 Å². The third-order valence-corrected chi connectivity index (χ3v) is 5.30. The Balaban J connectivity index is 1.62. The predicted octanol–water partition coefficient (Wildman–Crippen LogP) is 3.99. The molecule has 4 aromatic rings. The molecular formula is C24H19N3O4S. The molecule has 0 aliphatic heterocycles. The standard InChI is InChI=1S/C24H19N3O4S/c1-3-12-30-18-9-7-17(8-10-18)26(2)22(28)16-6-11-20-21(14-16)25-24(32)27(23(20)29)15-19-5-4-13-31-19/h1,4-11,13-14H,12,15H2,2H3,(H,25,32). The lowest BCUT2D eigenvalue weighted by Crippen LogP contribution is -2.27. The van der Waals surface area contributed by atoms with Gasteiger partial charge >= 0.3 is 0 Å². The van der Waals surface area contributed by atoms with E-state index in [0.717, 1.165) is 0 Å². The predicted molar refractivity (Wildman–Crippen MR) is 125 cm³/mol. The quantitative estimate of drug-likeness (QED) is 0.359. The molecule has 7 nitrogen and oxygen atoms in total.